The van der Waals surface area contributed by atoms with Gasteiger partial charge in [0.15, 0.2) is 5.82 Å². The molecule has 0 unspecified atom stereocenters. The van der Waals surface area contributed by atoms with Crippen molar-refractivity contribution in [1.82, 2.24) is 9.97 Å². The van der Waals surface area contributed by atoms with Gasteiger partial charge in [-0.1, -0.05) is 12.1 Å². The second-order valence-electron chi connectivity index (χ2n) is 4.62. The third-order valence-electron chi connectivity index (χ3n) is 3.41. The zero-order valence-electron chi connectivity index (χ0n) is 10.6. The monoisotopic (exact) mass is 239 g/mol. The molecule has 0 radical (unpaired) electrons. The highest BCUT2D eigenvalue weighted by Gasteiger charge is 2.13. The van der Waals surface area contributed by atoms with Crippen molar-refractivity contribution in [3.63, 3.8) is 0 Å². The molecule has 0 amide bonds. The summed E-state index contributed by atoms with van der Waals surface area (Å²) in [5.74, 6) is 0.873. The van der Waals surface area contributed by atoms with Crippen molar-refractivity contribution in [2.24, 2.45) is 0 Å². The molecule has 0 bridgehead atoms. The SMILES string of the molecule is CCNc1nccnc1-c1ccc2c(c1)CCC2. The van der Waals surface area contributed by atoms with E-state index in [4.69, 9.17) is 0 Å². The van der Waals surface area contributed by atoms with E-state index in [1.165, 1.54) is 36.0 Å². The number of rotatable bonds is 3. The molecule has 1 N–H and O–H groups in total. The molecule has 3 nitrogen and oxygen atoms in total. The van der Waals surface area contributed by atoms with Gasteiger partial charge in [-0.05, 0) is 43.4 Å². The topological polar surface area (TPSA) is 37.8 Å². The molecule has 1 aromatic heterocycles. The molecule has 0 saturated heterocycles. The standard InChI is InChI=1S/C15H17N3/c1-2-16-15-14(17-8-9-18-15)13-7-6-11-4-3-5-12(11)10-13/h6-10H,2-5H2,1H3,(H,16,18). The lowest BCUT2D eigenvalue weighted by Crippen LogP contribution is -2.02. The fourth-order valence-corrected chi connectivity index (χ4v) is 2.57. The Balaban J connectivity index is 2.04. The van der Waals surface area contributed by atoms with Crippen LogP contribution in [-0.4, -0.2) is 16.5 Å². The smallest absolute Gasteiger partial charge is 0.152 e. The van der Waals surface area contributed by atoms with Crippen LogP contribution in [0.3, 0.4) is 0 Å². The van der Waals surface area contributed by atoms with Crippen LogP contribution in [0.25, 0.3) is 11.3 Å². The number of hydrogen-bond acceptors (Lipinski definition) is 3. The van der Waals surface area contributed by atoms with Gasteiger partial charge in [0.05, 0.1) is 0 Å². The molecule has 1 aliphatic carbocycles. The third kappa shape index (κ3) is 1.96. The van der Waals surface area contributed by atoms with E-state index in [1.54, 1.807) is 12.4 Å². The Morgan fingerprint density at radius 3 is 2.83 bits per heavy atom. The summed E-state index contributed by atoms with van der Waals surface area (Å²) in [7, 11) is 0. The van der Waals surface area contributed by atoms with Crippen LogP contribution >= 0.6 is 0 Å². The fraction of sp³-hybridized carbons (Fsp3) is 0.333. The fourth-order valence-electron chi connectivity index (χ4n) is 2.57. The van der Waals surface area contributed by atoms with Crippen LogP contribution in [0, 0.1) is 0 Å². The van der Waals surface area contributed by atoms with Gasteiger partial charge in [-0.3, -0.25) is 4.98 Å². The van der Waals surface area contributed by atoms with Crippen LogP contribution in [0.2, 0.25) is 0 Å². The molecule has 0 atom stereocenters. The summed E-state index contributed by atoms with van der Waals surface area (Å²) in [6.07, 6.45) is 7.17. The van der Waals surface area contributed by atoms with Gasteiger partial charge in [-0.25, -0.2) is 4.98 Å². The van der Waals surface area contributed by atoms with Gasteiger partial charge < -0.3 is 5.32 Å². The highest BCUT2D eigenvalue weighted by molar-refractivity contribution is 5.72. The molecule has 2 aromatic rings. The van der Waals surface area contributed by atoms with Crippen molar-refractivity contribution in [2.75, 3.05) is 11.9 Å². The Morgan fingerprint density at radius 1 is 1.11 bits per heavy atom. The van der Waals surface area contributed by atoms with E-state index in [0.717, 1.165) is 18.1 Å². The first-order chi connectivity index (χ1) is 8.88. The molecular weight excluding hydrogens is 222 g/mol. The number of anilines is 1. The van der Waals surface area contributed by atoms with Gasteiger partial charge >= 0.3 is 0 Å². The number of aromatic nitrogens is 2. The first kappa shape index (κ1) is 11.2. The van der Waals surface area contributed by atoms with Crippen LogP contribution < -0.4 is 5.32 Å². The molecule has 1 aromatic carbocycles. The van der Waals surface area contributed by atoms with Crippen molar-refractivity contribution in [1.29, 1.82) is 0 Å². The summed E-state index contributed by atoms with van der Waals surface area (Å²) in [5, 5.41) is 3.27. The quantitative estimate of drug-likeness (QED) is 0.894. The Kier molecular flexibility index (Phi) is 2.97. The van der Waals surface area contributed by atoms with Gasteiger partial charge in [0, 0.05) is 24.5 Å². The van der Waals surface area contributed by atoms with E-state index in [0.29, 0.717) is 0 Å². The number of nitrogens with one attached hydrogen (secondary N) is 1. The summed E-state index contributed by atoms with van der Waals surface area (Å²) in [6.45, 7) is 2.93. The van der Waals surface area contributed by atoms with E-state index in [9.17, 15) is 0 Å². The van der Waals surface area contributed by atoms with Gasteiger partial charge in [-0.2, -0.15) is 0 Å². The molecule has 3 rings (SSSR count). The lowest BCUT2D eigenvalue weighted by molar-refractivity contribution is 0.912. The first-order valence-electron chi connectivity index (χ1n) is 6.55. The summed E-state index contributed by atoms with van der Waals surface area (Å²) in [6, 6.07) is 6.67. The Hall–Kier alpha value is -1.90. The van der Waals surface area contributed by atoms with Crippen molar-refractivity contribution in [3.05, 3.63) is 41.7 Å². The van der Waals surface area contributed by atoms with E-state index >= 15 is 0 Å². The third-order valence-corrected chi connectivity index (χ3v) is 3.41. The predicted octanol–water partition coefficient (Wildman–Crippen LogP) is 3.06. The highest BCUT2D eigenvalue weighted by atomic mass is 15.0. The van der Waals surface area contributed by atoms with Crippen molar-refractivity contribution >= 4 is 5.82 Å². The Bertz CT molecular complexity index is 563. The van der Waals surface area contributed by atoms with Crippen LogP contribution in [-0.2, 0) is 12.8 Å². The van der Waals surface area contributed by atoms with E-state index < -0.39 is 0 Å². The minimum atomic E-state index is 0.858. The maximum absolute atomic E-state index is 4.47. The normalized spacial score (nSPS) is 13.4. The number of nitrogens with zero attached hydrogens (tertiary/aromatic N) is 2. The average Bonchev–Trinajstić information content (AvgIpc) is 2.87. The summed E-state index contributed by atoms with van der Waals surface area (Å²) >= 11 is 0. The maximum atomic E-state index is 4.47. The zero-order chi connectivity index (χ0) is 12.4. The Labute approximate surface area is 107 Å². The zero-order valence-corrected chi connectivity index (χ0v) is 10.6. The molecule has 0 spiro atoms. The molecule has 1 heterocycles. The second-order valence-corrected chi connectivity index (χ2v) is 4.62. The van der Waals surface area contributed by atoms with E-state index in [1.807, 2.05) is 0 Å². The number of benzene rings is 1. The highest BCUT2D eigenvalue weighted by Crippen LogP contribution is 2.29. The average molecular weight is 239 g/mol. The molecule has 18 heavy (non-hydrogen) atoms. The molecule has 3 heteroatoms. The molecule has 0 aliphatic heterocycles. The largest absolute Gasteiger partial charge is 0.369 e. The summed E-state index contributed by atoms with van der Waals surface area (Å²) in [5.41, 5.74) is 5.09. The van der Waals surface area contributed by atoms with Crippen molar-refractivity contribution in [2.45, 2.75) is 26.2 Å². The Morgan fingerprint density at radius 2 is 1.94 bits per heavy atom. The van der Waals surface area contributed by atoms with Gasteiger partial charge in [0.1, 0.15) is 5.69 Å². The minimum absolute atomic E-state index is 0.858. The lowest BCUT2D eigenvalue weighted by atomic mass is 10.0. The first-order valence-corrected chi connectivity index (χ1v) is 6.55. The molecule has 0 fully saturated rings. The van der Waals surface area contributed by atoms with Crippen molar-refractivity contribution in [3.8, 4) is 11.3 Å². The lowest BCUT2D eigenvalue weighted by Gasteiger charge is -2.09. The predicted molar refractivity (Wildman–Crippen MR) is 73.7 cm³/mol. The van der Waals surface area contributed by atoms with E-state index in [-0.39, 0.29) is 0 Å². The van der Waals surface area contributed by atoms with E-state index in [2.05, 4.69) is 40.4 Å². The molecule has 0 saturated carbocycles. The second kappa shape index (κ2) is 4.77. The van der Waals surface area contributed by atoms with Gasteiger partial charge in [-0.15, -0.1) is 0 Å². The van der Waals surface area contributed by atoms with Crippen molar-refractivity contribution < 1.29 is 0 Å². The van der Waals surface area contributed by atoms with Gasteiger partial charge in [0.25, 0.3) is 0 Å². The van der Waals surface area contributed by atoms with Crippen LogP contribution in [0.4, 0.5) is 5.82 Å². The minimum Gasteiger partial charge on any atom is -0.369 e. The number of aryl methyl sites for hydroxylation is 2. The van der Waals surface area contributed by atoms with Gasteiger partial charge in [0.2, 0.25) is 0 Å². The molecule has 1 aliphatic rings. The maximum Gasteiger partial charge on any atom is 0.152 e. The summed E-state index contributed by atoms with van der Waals surface area (Å²) in [4.78, 5) is 8.83. The molecule has 92 valence electrons. The van der Waals surface area contributed by atoms with Crippen LogP contribution in [0.5, 0.6) is 0 Å². The summed E-state index contributed by atoms with van der Waals surface area (Å²) < 4.78 is 0. The van der Waals surface area contributed by atoms with Crippen LogP contribution in [0.15, 0.2) is 30.6 Å². The number of hydrogen-bond donors (Lipinski definition) is 1. The number of fused-ring (bicyclic) bond motifs is 1. The molecular formula is C15H17N3. The van der Waals surface area contributed by atoms with Crippen LogP contribution in [0.1, 0.15) is 24.5 Å².